The van der Waals surface area contributed by atoms with Gasteiger partial charge >= 0.3 is 0 Å². The largest absolute Gasteiger partial charge is 0.383 e. The van der Waals surface area contributed by atoms with Crippen LogP contribution in [0.2, 0.25) is 0 Å². The maximum Gasteiger partial charge on any atom is 0.293 e. The third-order valence-corrected chi connectivity index (χ3v) is 4.23. The summed E-state index contributed by atoms with van der Waals surface area (Å²) in [6.07, 6.45) is 0.677. The van der Waals surface area contributed by atoms with Crippen LogP contribution >= 0.6 is 0 Å². The Morgan fingerprint density at radius 2 is 1.67 bits per heavy atom. The quantitative estimate of drug-likeness (QED) is 0.501. The number of nitro groups is 1. The third-order valence-electron chi connectivity index (χ3n) is 4.23. The summed E-state index contributed by atoms with van der Waals surface area (Å²) < 4.78 is 0. The first-order valence-electron chi connectivity index (χ1n) is 8.48. The van der Waals surface area contributed by atoms with E-state index in [1.165, 1.54) is 12.1 Å². The molecule has 0 unspecified atom stereocenters. The second-order valence-corrected chi connectivity index (χ2v) is 6.01. The van der Waals surface area contributed by atoms with Gasteiger partial charge in [-0.3, -0.25) is 14.9 Å². The molecular formula is C21H19N3O3. The van der Waals surface area contributed by atoms with Crippen molar-refractivity contribution in [3.63, 3.8) is 0 Å². The van der Waals surface area contributed by atoms with E-state index in [9.17, 15) is 14.9 Å². The maximum absolute atomic E-state index is 12.6. The number of benzene rings is 3. The van der Waals surface area contributed by atoms with Crippen LogP contribution in [0.5, 0.6) is 0 Å². The zero-order chi connectivity index (χ0) is 19.2. The average Bonchev–Trinajstić information content (AvgIpc) is 2.69. The molecule has 1 amide bonds. The van der Waals surface area contributed by atoms with Crippen LogP contribution in [-0.2, 0) is 6.42 Å². The van der Waals surface area contributed by atoms with Crippen LogP contribution in [0.15, 0.2) is 72.8 Å². The molecule has 0 fully saturated rings. The predicted octanol–water partition coefficient (Wildman–Crippen LogP) is 4.48. The lowest BCUT2D eigenvalue weighted by atomic mass is 10.0. The third kappa shape index (κ3) is 4.30. The number of carbonyl (C=O) groups excluding carboxylic acids is 1. The van der Waals surface area contributed by atoms with Gasteiger partial charge in [0.1, 0.15) is 5.69 Å². The Morgan fingerprint density at radius 1 is 0.963 bits per heavy atom. The van der Waals surface area contributed by atoms with Crippen LogP contribution in [0, 0.1) is 10.1 Å². The lowest BCUT2D eigenvalue weighted by Crippen LogP contribution is -2.14. The van der Waals surface area contributed by atoms with Gasteiger partial charge in [-0.15, -0.1) is 0 Å². The van der Waals surface area contributed by atoms with Crippen molar-refractivity contribution in [2.75, 3.05) is 17.7 Å². The van der Waals surface area contributed by atoms with Gasteiger partial charge in [0.15, 0.2) is 0 Å². The number of nitrogens with one attached hydrogen (secondary N) is 2. The van der Waals surface area contributed by atoms with E-state index in [2.05, 4.69) is 10.6 Å². The molecule has 0 saturated heterocycles. The van der Waals surface area contributed by atoms with Gasteiger partial charge < -0.3 is 10.6 Å². The summed E-state index contributed by atoms with van der Waals surface area (Å²) in [4.78, 5) is 23.3. The number of hydrogen-bond acceptors (Lipinski definition) is 4. The number of rotatable bonds is 6. The van der Waals surface area contributed by atoms with E-state index in [0.29, 0.717) is 17.8 Å². The van der Waals surface area contributed by atoms with Crippen molar-refractivity contribution in [1.29, 1.82) is 0 Å². The first-order chi connectivity index (χ1) is 13.1. The molecule has 0 radical (unpaired) electrons. The van der Waals surface area contributed by atoms with Crippen LogP contribution in [0.1, 0.15) is 21.5 Å². The van der Waals surface area contributed by atoms with E-state index in [0.717, 1.165) is 11.1 Å². The number of hydrogen-bond donors (Lipinski definition) is 2. The normalized spacial score (nSPS) is 10.3. The zero-order valence-electron chi connectivity index (χ0n) is 14.8. The molecule has 0 aliphatic rings. The van der Waals surface area contributed by atoms with Crippen LogP contribution in [0.3, 0.4) is 0 Å². The molecule has 136 valence electrons. The summed E-state index contributed by atoms with van der Waals surface area (Å²) >= 11 is 0. The van der Waals surface area contributed by atoms with Gasteiger partial charge in [-0.1, -0.05) is 48.5 Å². The highest BCUT2D eigenvalue weighted by molar-refractivity contribution is 6.05. The Labute approximate surface area is 157 Å². The van der Waals surface area contributed by atoms with Gasteiger partial charge in [0.25, 0.3) is 11.6 Å². The van der Waals surface area contributed by atoms with E-state index in [1.807, 2.05) is 54.6 Å². The van der Waals surface area contributed by atoms with Gasteiger partial charge in [-0.25, -0.2) is 0 Å². The van der Waals surface area contributed by atoms with E-state index in [1.54, 1.807) is 13.1 Å². The SMILES string of the molecule is CNc1ccc(C(=O)Nc2ccccc2Cc2ccccc2)cc1[N+](=O)[O-]. The molecule has 0 spiro atoms. The van der Waals surface area contributed by atoms with Crippen LogP contribution in [0.25, 0.3) is 0 Å². The summed E-state index contributed by atoms with van der Waals surface area (Å²) in [6.45, 7) is 0. The summed E-state index contributed by atoms with van der Waals surface area (Å²) in [5.74, 6) is -0.388. The monoisotopic (exact) mass is 361 g/mol. The smallest absolute Gasteiger partial charge is 0.293 e. The highest BCUT2D eigenvalue weighted by atomic mass is 16.6. The molecule has 3 aromatic carbocycles. The van der Waals surface area contributed by atoms with Crippen LogP contribution in [0.4, 0.5) is 17.1 Å². The summed E-state index contributed by atoms with van der Waals surface area (Å²) in [5.41, 5.74) is 3.25. The van der Waals surface area contributed by atoms with Crippen LogP contribution < -0.4 is 10.6 Å². The fourth-order valence-electron chi connectivity index (χ4n) is 2.84. The summed E-state index contributed by atoms with van der Waals surface area (Å²) in [7, 11) is 1.60. The van der Waals surface area contributed by atoms with E-state index in [-0.39, 0.29) is 17.2 Å². The molecule has 3 aromatic rings. The first-order valence-corrected chi connectivity index (χ1v) is 8.48. The Bertz CT molecular complexity index is 971. The van der Waals surface area contributed by atoms with Gasteiger partial charge in [0, 0.05) is 24.4 Å². The predicted molar refractivity (Wildman–Crippen MR) is 106 cm³/mol. The van der Waals surface area contributed by atoms with Crippen LogP contribution in [-0.4, -0.2) is 17.9 Å². The average molecular weight is 361 g/mol. The lowest BCUT2D eigenvalue weighted by molar-refractivity contribution is -0.384. The van der Waals surface area contributed by atoms with E-state index in [4.69, 9.17) is 0 Å². The molecule has 0 aliphatic carbocycles. The number of anilines is 2. The molecular weight excluding hydrogens is 342 g/mol. The number of nitrogens with zero attached hydrogens (tertiary/aromatic N) is 1. The Kier molecular flexibility index (Phi) is 5.47. The van der Waals surface area contributed by atoms with Crippen molar-refractivity contribution in [2.24, 2.45) is 0 Å². The lowest BCUT2D eigenvalue weighted by Gasteiger charge is -2.12. The second kappa shape index (κ2) is 8.14. The minimum absolute atomic E-state index is 0.136. The number of carbonyl (C=O) groups is 1. The topological polar surface area (TPSA) is 84.3 Å². The fourth-order valence-corrected chi connectivity index (χ4v) is 2.84. The zero-order valence-corrected chi connectivity index (χ0v) is 14.8. The van der Waals surface area contributed by atoms with E-state index >= 15 is 0 Å². The molecule has 2 N–H and O–H groups in total. The van der Waals surface area contributed by atoms with Crippen molar-refractivity contribution in [1.82, 2.24) is 0 Å². The standard InChI is InChI=1S/C21H19N3O3/c1-22-19-12-11-17(14-20(19)24(26)27)21(25)23-18-10-6-5-9-16(18)13-15-7-3-2-4-8-15/h2-12,14,22H,13H2,1H3,(H,23,25). The second-order valence-electron chi connectivity index (χ2n) is 6.01. The Hall–Kier alpha value is -3.67. The van der Waals surface area contributed by atoms with Gasteiger partial charge in [0.05, 0.1) is 4.92 Å². The molecule has 0 heterocycles. The molecule has 0 bridgehead atoms. The van der Waals surface area contributed by atoms with Crippen molar-refractivity contribution >= 4 is 23.0 Å². The van der Waals surface area contributed by atoms with Crippen molar-refractivity contribution in [2.45, 2.75) is 6.42 Å². The minimum atomic E-state index is -0.508. The van der Waals surface area contributed by atoms with Crippen molar-refractivity contribution in [3.8, 4) is 0 Å². The molecule has 27 heavy (non-hydrogen) atoms. The van der Waals surface area contributed by atoms with E-state index < -0.39 is 4.92 Å². The molecule has 6 heteroatoms. The molecule has 3 rings (SSSR count). The molecule has 0 aromatic heterocycles. The van der Waals surface area contributed by atoms with Gasteiger partial charge in [-0.05, 0) is 35.7 Å². The number of amides is 1. The van der Waals surface area contributed by atoms with Crippen molar-refractivity contribution < 1.29 is 9.72 Å². The molecule has 6 nitrogen and oxygen atoms in total. The first kappa shape index (κ1) is 18.1. The summed E-state index contributed by atoms with van der Waals surface area (Å²) in [6, 6.07) is 21.9. The van der Waals surface area contributed by atoms with Gasteiger partial charge in [-0.2, -0.15) is 0 Å². The minimum Gasteiger partial charge on any atom is -0.383 e. The maximum atomic E-state index is 12.6. The van der Waals surface area contributed by atoms with Gasteiger partial charge in [0.2, 0.25) is 0 Å². The Morgan fingerprint density at radius 3 is 2.37 bits per heavy atom. The molecule has 0 atom stereocenters. The highest BCUT2D eigenvalue weighted by Crippen LogP contribution is 2.26. The molecule has 0 saturated carbocycles. The number of para-hydroxylation sites is 1. The Balaban J connectivity index is 1.85. The fraction of sp³-hybridized carbons (Fsp3) is 0.0952. The number of nitro benzene ring substituents is 1. The van der Waals surface area contributed by atoms with Crippen molar-refractivity contribution in [3.05, 3.63) is 99.6 Å². The highest BCUT2D eigenvalue weighted by Gasteiger charge is 2.17. The molecule has 0 aliphatic heterocycles. The summed E-state index contributed by atoms with van der Waals surface area (Å²) in [5, 5.41) is 16.8.